The molecule has 2 atom stereocenters. The number of carbonyl (C=O) groups is 1. The second-order valence-electron chi connectivity index (χ2n) is 8.02. The number of imidazole rings is 1. The van der Waals surface area contributed by atoms with Crippen LogP contribution in [0.15, 0.2) is 12.1 Å². The monoisotopic (exact) mass is 439 g/mol. The standard InChI is InChI=1S/C21H24F3N3O2S/c1-25-16(9-18(28)26-7-3-4-13(26)11-29-2)17-8-12(10-27(17)21(25)30)19-14(22)5-6-15(23)20(19)24/h5-6,12-13H,3-4,7-11H2,1-2H3. The van der Waals surface area contributed by atoms with Gasteiger partial charge in [0.2, 0.25) is 5.91 Å². The Bertz CT molecular complexity index is 1050. The van der Waals surface area contributed by atoms with Crippen molar-refractivity contribution in [1.29, 1.82) is 0 Å². The van der Waals surface area contributed by atoms with E-state index in [2.05, 4.69) is 0 Å². The minimum atomic E-state index is -1.15. The lowest BCUT2D eigenvalue weighted by atomic mass is 9.95. The van der Waals surface area contributed by atoms with Crippen LogP contribution in [0.25, 0.3) is 0 Å². The zero-order valence-corrected chi connectivity index (χ0v) is 17.8. The molecule has 1 fully saturated rings. The van der Waals surface area contributed by atoms with Gasteiger partial charge in [-0.2, -0.15) is 0 Å². The van der Waals surface area contributed by atoms with Crippen LogP contribution in [0.3, 0.4) is 0 Å². The number of rotatable bonds is 5. The van der Waals surface area contributed by atoms with Crippen molar-refractivity contribution in [2.75, 3.05) is 20.3 Å². The van der Waals surface area contributed by atoms with E-state index in [9.17, 15) is 18.0 Å². The Labute approximate surface area is 178 Å². The van der Waals surface area contributed by atoms with Gasteiger partial charge in [0, 0.05) is 50.1 Å². The molecule has 2 aliphatic heterocycles. The van der Waals surface area contributed by atoms with Crippen molar-refractivity contribution in [3.63, 3.8) is 0 Å². The molecule has 1 aromatic carbocycles. The first-order valence-corrected chi connectivity index (χ1v) is 10.4. The molecule has 0 spiro atoms. The van der Waals surface area contributed by atoms with Crippen molar-refractivity contribution in [3.05, 3.63) is 51.3 Å². The number of halogens is 3. The third-order valence-corrected chi connectivity index (χ3v) is 6.78. The van der Waals surface area contributed by atoms with Crippen LogP contribution >= 0.6 is 12.2 Å². The van der Waals surface area contributed by atoms with Crippen LogP contribution in [0.2, 0.25) is 0 Å². The molecule has 0 radical (unpaired) electrons. The van der Waals surface area contributed by atoms with Gasteiger partial charge in [-0.3, -0.25) is 4.79 Å². The molecule has 3 heterocycles. The van der Waals surface area contributed by atoms with Gasteiger partial charge in [-0.05, 0) is 43.6 Å². The van der Waals surface area contributed by atoms with Crippen LogP contribution in [0.4, 0.5) is 13.2 Å². The fourth-order valence-electron chi connectivity index (χ4n) is 4.80. The first-order valence-electron chi connectivity index (χ1n) is 10.0. The predicted octanol–water partition coefficient (Wildman–Crippen LogP) is 3.49. The number of hydrogen-bond donors (Lipinski definition) is 0. The smallest absolute Gasteiger partial charge is 0.228 e. The van der Waals surface area contributed by atoms with E-state index in [-0.39, 0.29) is 30.5 Å². The Morgan fingerprint density at radius 3 is 2.73 bits per heavy atom. The molecule has 1 amide bonds. The lowest BCUT2D eigenvalue weighted by Gasteiger charge is -2.24. The molecule has 0 bridgehead atoms. The summed E-state index contributed by atoms with van der Waals surface area (Å²) in [5, 5.41) is 0. The minimum Gasteiger partial charge on any atom is -0.383 e. The first kappa shape index (κ1) is 21.1. The number of fused-ring (bicyclic) bond motifs is 1. The number of aromatic nitrogens is 2. The second-order valence-corrected chi connectivity index (χ2v) is 8.38. The summed E-state index contributed by atoms with van der Waals surface area (Å²) in [5.74, 6) is -3.57. The Kier molecular flexibility index (Phi) is 5.76. The summed E-state index contributed by atoms with van der Waals surface area (Å²) in [7, 11) is 3.42. The molecule has 2 aliphatic rings. The normalized spacial score (nSPS) is 20.8. The number of likely N-dealkylation sites (tertiary alicyclic amines) is 1. The molecule has 5 nitrogen and oxygen atoms in total. The van der Waals surface area contributed by atoms with E-state index in [0.717, 1.165) is 36.4 Å². The molecule has 1 saturated heterocycles. The summed E-state index contributed by atoms with van der Waals surface area (Å²) in [5.41, 5.74) is 1.27. The number of methoxy groups -OCH3 is 1. The van der Waals surface area contributed by atoms with Gasteiger partial charge in [0.1, 0.15) is 5.82 Å². The summed E-state index contributed by atoms with van der Waals surface area (Å²) >= 11 is 5.51. The van der Waals surface area contributed by atoms with E-state index < -0.39 is 23.4 Å². The van der Waals surface area contributed by atoms with Gasteiger partial charge in [-0.1, -0.05) is 0 Å². The zero-order valence-electron chi connectivity index (χ0n) is 17.0. The molecule has 2 aromatic rings. The maximum atomic E-state index is 14.3. The van der Waals surface area contributed by atoms with E-state index in [1.807, 2.05) is 9.47 Å². The zero-order chi connectivity index (χ0) is 21.6. The number of benzene rings is 1. The maximum absolute atomic E-state index is 14.3. The third-order valence-electron chi connectivity index (χ3n) is 6.29. The highest BCUT2D eigenvalue weighted by molar-refractivity contribution is 7.71. The summed E-state index contributed by atoms with van der Waals surface area (Å²) < 4.78 is 51.6. The molecular weight excluding hydrogens is 415 g/mol. The van der Waals surface area contributed by atoms with Crippen molar-refractivity contribution >= 4 is 18.1 Å². The maximum Gasteiger partial charge on any atom is 0.228 e. The van der Waals surface area contributed by atoms with Crippen molar-refractivity contribution < 1.29 is 22.7 Å². The van der Waals surface area contributed by atoms with Gasteiger partial charge < -0.3 is 18.8 Å². The van der Waals surface area contributed by atoms with E-state index in [4.69, 9.17) is 17.0 Å². The van der Waals surface area contributed by atoms with Crippen molar-refractivity contribution in [1.82, 2.24) is 14.0 Å². The van der Waals surface area contributed by atoms with Gasteiger partial charge in [0.25, 0.3) is 0 Å². The van der Waals surface area contributed by atoms with Crippen LogP contribution in [-0.4, -0.2) is 46.2 Å². The van der Waals surface area contributed by atoms with E-state index in [1.54, 1.807) is 18.7 Å². The molecule has 0 N–H and O–H groups in total. The summed E-state index contributed by atoms with van der Waals surface area (Å²) in [4.78, 5) is 14.9. The fraction of sp³-hybridized carbons (Fsp3) is 0.524. The van der Waals surface area contributed by atoms with Crippen molar-refractivity contribution in [2.24, 2.45) is 7.05 Å². The molecule has 162 valence electrons. The SMILES string of the molecule is COCC1CCCN1C(=O)Cc1c2n(c(=S)n1C)CC(c1c(F)ccc(F)c1F)C2. The van der Waals surface area contributed by atoms with Crippen molar-refractivity contribution in [3.8, 4) is 0 Å². The summed E-state index contributed by atoms with van der Waals surface area (Å²) in [6.45, 7) is 1.44. The molecule has 1 aromatic heterocycles. The Morgan fingerprint density at radius 2 is 2.00 bits per heavy atom. The van der Waals surface area contributed by atoms with Gasteiger partial charge in [0.05, 0.1) is 19.1 Å². The highest BCUT2D eigenvalue weighted by atomic mass is 32.1. The van der Waals surface area contributed by atoms with E-state index >= 15 is 0 Å². The van der Waals surface area contributed by atoms with Crippen LogP contribution in [0.1, 0.15) is 35.7 Å². The molecule has 30 heavy (non-hydrogen) atoms. The number of amides is 1. The lowest BCUT2D eigenvalue weighted by molar-refractivity contribution is -0.132. The molecule has 0 aliphatic carbocycles. The highest BCUT2D eigenvalue weighted by Crippen LogP contribution is 2.36. The molecule has 0 saturated carbocycles. The van der Waals surface area contributed by atoms with Gasteiger partial charge in [-0.15, -0.1) is 0 Å². The molecule has 9 heteroatoms. The highest BCUT2D eigenvalue weighted by Gasteiger charge is 2.35. The minimum absolute atomic E-state index is 0.0138. The third kappa shape index (κ3) is 3.47. The number of ether oxygens (including phenoxy) is 1. The Balaban J connectivity index is 1.61. The average molecular weight is 440 g/mol. The second kappa shape index (κ2) is 8.19. The number of carbonyl (C=O) groups excluding carboxylic acids is 1. The lowest BCUT2D eigenvalue weighted by Crippen LogP contribution is -2.39. The first-order chi connectivity index (χ1) is 14.3. The largest absolute Gasteiger partial charge is 0.383 e. The van der Waals surface area contributed by atoms with Crippen LogP contribution in [0.5, 0.6) is 0 Å². The fourth-order valence-corrected chi connectivity index (χ4v) is 5.10. The van der Waals surface area contributed by atoms with E-state index in [1.165, 1.54) is 0 Å². The summed E-state index contributed by atoms with van der Waals surface area (Å²) in [6.07, 6.45) is 2.30. The van der Waals surface area contributed by atoms with Gasteiger partial charge in [-0.25, -0.2) is 13.2 Å². The van der Waals surface area contributed by atoms with Gasteiger partial charge in [0.15, 0.2) is 16.4 Å². The number of hydrogen-bond acceptors (Lipinski definition) is 3. The Morgan fingerprint density at radius 1 is 1.27 bits per heavy atom. The van der Waals surface area contributed by atoms with Crippen molar-refractivity contribution in [2.45, 2.75) is 44.2 Å². The number of nitrogens with zero attached hydrogens (tertiary/aromatic N) is 3. The topological polar surface area (TPSA) is 39.4 Å². The molecular formula is C21H24F3N3O2S. The average Bonchev–Trinajstić information content (AvgIpc) is 3.40. The van der Waals surface area contributed by atoms with Crippen LogP contribution in [0, 0.1) is 22.2 Å². The predicted molar refractivity (Wildman–Crippen MR) is 107 cm³/mol. The Hall–Kier alpha value is -2.13. The molecule has 4 rings (SSSR count). The molecule has 2 unspecified atom stereocenters. The van der Waals surface area contributed by atoms with Gasteiger partial charge >= 0.3 is 0 Å². The van der Waals surface area contributed by atoms with E-state index in [0.29, 0.717) is 24.3 Å². The van der Waals surface area contributed by atoms with Crippen LogP contribution < -0.4 is 0 Å². The van der Waals surface area contributed by atoms with Crippen LogP contribution in [-0.2, 0) is 36.0 Å². The summed E-state index contributed by atoms with van der Waals surface area (Å²) in [6, 6.07) is 1.80. The quantitative estimate of drug-likeness (QED) is 0.529.